The highest BCUT2D eigenvalue weighted by molar-refractivity contribution is 8.00. The SMILES string of the molecule is CNCc1cnc(N2CC(C)SC(C)C2)s1. The van der Waals surface area contributed by atoms with E-state index >= 15 is 0 Å². The van der Waals surface area contributed by atoms with Gasteiger partial charge in [-0.2, -0.15) is 11.8 Å². The standard InChI is InChI=1S/C11H19N3S2/c1-8-6-14(7-9(2)15-8)11-13-5-10(16-11)4-12-3/h5,8-9,12H,4,6-7H2,1-3H3. The molecular formula is C11H19N3S2. The van der Waals surface area contributed by atoms with Crippen LogP contribution in [0.5, 0.6) is 0 Å². The van der Waals surface area contributed by atoms with Crippen molar-refractivity contribution < 1.29 is 0 Å². The first-order valence-corrected chi connectivity index (χ1v) is 7.44. The van der Waals surface area contributed by atoms with Crippen LogP contribution in [0.25, 0.3) is 0 Å². The number of anilines is 1. The Bertz CT molecular complexity index is 330. The second-order valence-corrected chi connectivity index (χ2v) is 7.28. The van der Waals surface area contributed by atoms with Gasteiger partial charge in [-0.05, 0) is 7.05 Å². The van der Waals surface area contributed by atoms with Gasteiger partial charge in [0, 0.05) is 41.2 Å². The minimum absolute atomic E-state index is 0.709. The minimum atomic E-state index is 0.709. The van der Waals surface area contributed by atoms with E-state index in [-0.39, 0.29) is 0 Å². The molecule has 0 spiro atoms. The van der Waals surface area contributed by atoms with Gasteiger partial charge >= 0.3 is 0 Å². The Morgan fingerprint density at radius 2 is 2.12 bits per heavy atom. The summed E-state index contributed by atoms with van der Waals surface area (Å²) >= 11 is 3.89. The molecule has 0 amide bonds. The average Bonchev–Trinajstić information content (AvgIpc) is 2.65. The summed E-state index contributed by atoms with van der Waals surface area (Å²) in [6.07, 6.45) is 1.99. The van der Waals surface area contributed by atoms with E-state index in [9.17, 15) is 0 Å². The van der Waals surface area contributed by atoms with E-state index in [0.717, 1.165) is 19.6 Å². The van der Waals surface area contributed by atoms with Crippen LogP contribution >= 0.6 is 23.1 Å². The minimum Gasteiger partial charge on any atom is -0.346 e. The Hall–Kier alpha value is -0.260. The molecule has 1 aromatic heterocycles. The van der Waals surface area contributed by atoms with Gasteiger partial charge in [0.2, 0.25) is 0 Å². The average molecular weight is 257 g/mol. The molecule has 90 valence electrons. The van der Waals surface area contributed by atoms with Gasteiger partial charge in [0.05, 0.1) is 0 Å². The summed E-state index contributed by atoms with van der Waals surface area (Å²) in [5, 5.41) is 5.77. The number of nitrogens with one attached hydrogen (secondary N) is 1. The summed E-state index contributed by atoms with van der Waals surface area (Å²) < 4.78 is 0. The summed E-state index contributed by atoms with van der Waals surface area (Å²) in [4.78, 5) is 8.26. The van der Waals surface area contributed by atoms with Crippen molar-refractivity contribution in [1.29, 1.82) is 0 Å². The lowest BCUT2D eigenvalue weighted by Crippen LogP contribution is -2.40. The molecule has 1 aliphatic rings. The Morgan fingerprint density at radius 1 is 1.44 bits per heavy atom. The summed E-state index contributed by atoms with van der Waals surface area (Å²) in [5.74, 6) is 0. The van der Waals surface area contributed by atoms with Crippen molar-refractivity contribution in [2.45, 2.75) is 30.9 Å². The van der Waals surface area contributed by atoms with Crippen molar-refractivity contribution in [3.8, 4) is 0 Å². The van der Waals surface area contributed by atoms with Gasteiger partial charge < -0.3 is 10.2 Å². The number of thioether (sulfide) groups is 1. The number of nitrogens with zero attached hydrogens (tertiary/aromatic N) is 2. The van der Waals surface area contributed by atoms with Crippen LogP contribution in [0.4, 0.5) is 5.13 Å². The lowest BCUT2D eigenvalue weighted by molar-refractivity contribution is 0.726. The van der Waals surface area contributed by atoms with E-state index in [1.54, 1.807) is 0 Å². The van der Waals surface area contributed by atoms with Gasteiger partial charge in [-0.1, -0.05) is 13.8 Å². The molecule has 16 heavy (non-hydrogen) atoms. The van der Waals surface area contributed by atoms with E-state index in [1.807, 2.05) is 24.6 Å². The molecular weight excluding hydrogens is 238 g/mol. The molecule has 2 atom stereocenters. The smallest absolute Gasteiger partial charge is 0.185 e. The zero-order valence-corrected chi connectivity index (χ0v) is 11.7. The zero-order valence-electron chi connectivity index (χ0n) is 10.1. The van der Waals surface area contributed by atoms with Crippen molar-refractivity contribution in [2.75, 3.05) is 25.0 Å². The van der Waals surface area contributed by atoms with E-state index in [2.05, 4.69) is 40.8 Å². The van der Waals surface area contributed by atoms with E-state index in [1.165, 1.54) is 10.0 Å². The lowest BCUT2D eigenvalue weighted by atomic mass is 10.3. The van der Waals surface area contributed by atoms with Gasteiger partial charge in [0.25, 0.3) is 0 Å². The number of rotatable bonds is 3. The molecule has 0 bridgehead atoms. The normalized spacial score (nSPS) is 26.1. The summed E-state index contributed by atoms with van der Waals surface area (Å²) in [6, 6.07) is 0. The lowest BCUT2D eigenvalue weighted by Gasteiger charge is -2.34. The Balaban J connectivity index is 2.04. The van der Waals surface area contributed by atoms with Crippen LogP contribution in [0.3, 0.4) is 0 Å². The van der Waals surface area contributed by atoms with Crippen molar-refractivity contribution in [2.24, 2.45) is 0 Å². The maximum Gasteiger partial charge on any atom is 0.185 e. The topological polar surface area (TPSA) is 28.2 Å². The summed E-state index contributed by atoms with van der Waals surface area (Å²) in [7, 11) is 1.97. The highest BCUT2D eigenvalue weighted by Gasteiger charge is 2.24. The zero-order chi connectivity index (χ0) is 11.5. The summed E-state index contributed by atoms with van der Waals surface area (Å²) in [6.45, 7) is 7.78. The Kier molecular flexibility index (Phi) is 4.10. The third kappa shape index (κ3) is 2.90. The van der Waals surface area contributed by atoms with Crippen molar-refractivity contribution in [3.63, 3.8) is 0 Å². The third-order valence-corrected chi connectivity index (χ3v) is 4.87. The second kappa shape index (κ2) is 5.38. The molecule has 1 N–H and O–H groups in total. The van der Waals surface area contributed by atoms with E-state index < -0.39 is 0 Å². The van der Waals surface area contributed by atoms with Crippen LogP contribution in [-0.2, 0) is 6.54 Å². The molecule has 0 aliphatic carbocycles. The number of aromatic nitrogens is 1. The fourth-order valence-electron chi connectivity index (χ4n) is 2.03. The van der Waals surface area contributed by atoms with Crippen LogP contribution in [0.2, 0.25) is 0 Å². The number of thiazole rings is 1. The predicted octanol–water partition coefficient (Wildman–Crippen LogP) is 2.19. The molecule has 1 saturated heterocycles. The molecule has 1 aliphatic heterocycles. The van der Waals surface area contributed by atoms with E-state index in [4.69, 9.17) is 0 Å². The third-order valence-electron chi connectivity index (χ3n) is 2.58. The fraction of sp³-hybridized carbons (Fsp3) is 0.727. The first-order valence-electron chi connectivity index (χ1n) is 5.68. The number of hydrogen-bond acceptors (Lipinski definition) is 5. The quantitative estimate of drug-likeness (QED) is 0.898. The molecule has 1 aromatic rings. The molecule has 5 heteroatoms. The first kappa shape index (κ1) is 12.2. The van der Waals surface area contributed by atoms with Crippen molar-refractivity contribution in [3.05, 3.63) is 11.1 Å². The van der Waals surface area contributed by atoms with Crippen LogP contribution in [-0.4, -0.2) is 35.6 Å². The highest BCUT2D eigenvalue weighted by Crippen LogP contribution is 2.30. The molecule has 0 saturated carbocycles. The molecule has 1 fully saturated rings. The Morgan fingerprint density at radius 3 is 2.75 bits per heavy atom. The number of hydrogen-bond donors (Lipinski definition) is 1. The van der Waals surface area contributed by atoms with Crippen LogP contribution in [0.15, 0.2) is 6.20 Å². The monoisotopic (exact) mass is 257 g/mol. The molecule has 3 nitrogen and oxygen atoms in total. The van der Waals surface area contributed by atoms with Gasteiger partial charge in [0.1, 0.15) is 0 Å². The largest absolute Gasteiger partial charge is 0.346 e. The molecule has 0 radical (unpaired) electrons. The molecule has 2 rings (SSSR count). The van der Waals surface area contributed by atoms with Crippen molar-refractivity contribution in [1.82, 2.24) is 10.3 Å². The van der Waals surface area contributed by atoms with Gasteiger partial charge in [-0.3, -0.25) is 0 Å². The van der Waals surface area contributed by atoms with Gasteiger partial charge in [-0.25, -0.2) is 4.98 Å². The maximum absolute atomic E-state index is 4.52. The second-order valence-electron chi connectivity index (χ2n) is 4.30. The van der Waals surface area contributed by atoms with Crippen LogP contribution < -0.4 is 10.2 Å². The van der Waals surface area contributed by atoms with Gasteiger partial charge in [-0.15, -0.1) is 11.3 Å². The molecule has 0 aromatic carbocycles. The van der Waals surface area contributed by atoms with Crippen molar-refractivity contribution >= 4 is 28.2 Å². The predicted molar refractivity (Wildman–Crippen MR) is 73.6 cm³/mol. The van der Waals surface area contributed by atoms with Crippen LogP contribution in [0, 0.1) is 0 Å². The highest BCUT2D eigenvalue weighted by atomic mass is 32.2. The van der Waals surface area contributed by atoms with E-state index in [0.29, 0.717) is 10.5 Å². The first-order chi connectivity index (χ1) is 7.69. The molecule has 2 unspecified atom stereocenters. The fourth-order valence-corrected chi connectivity index (χ4v) is 4.30. The summed E-state index contributed by atoms with van der Waals surface area (Å²) in [5.41, 5.74) is 0. The molecule has 2 heterocycles. The van der Waals surface area contributed by atoms with Gasteiger partial charge in [0.15, 0.2) is 5.13 Å². The Labute approximate surface area is 106 Å². The maximum atomic E-state index is 4.52. The van der Waals surface area contributed by atoms with Crippen LogP contribution in [0.1, 0.15) is 18.7 Å².